The molecule has 0 fully saturated rings. The van der Waals surface area contributed by atoms with E-state index in [0.717, 1.165) is 19.4 Å². The summed E-state index contributed by atoms with van der Waals surface area (Å²) < 4.78 is 0. The summed E-state index contributed by atoms with van der Waals surface area (Å²) in [5.41, 5.74) is 9.86. The van der Waals surface area contributed by atoms with Gasteiger partial charge in [-0.2, -0.15) is 0 Å². The lowest BCUT2D eigenvalue weighted by atomic mass is 10.0. The Labute approximate surface area is 79.1 Å². The van der Waals surface area contributed by atoms with Gasteiger partial charge in [0, 0.05) is 18.3 Å². The first-order chi connectivity index (χ1) is 6.27. The van der Waals surface area contributed by atoms with E-state index < -0.39 is 0 Å². The Morgan fingerprint density at radius 1 is 1.46 bits per heavy atom. The standard InChI is InChI=1S/C11H16N2/c1-8-4-5-11-9(7-8)10(12)3-2-6-13-11/h4-5,7,10,13H,2-3,6,12H2,1H3/t10-/m0/s1. The van der Waals surface area contributed by atoms with E-state index in [1.54, 1.807) is 0 Å². The summed E-state index contributed by atoms with van der Waals surface area (Å²) >= 11 is 0. The van der Waals surface area contributed by atoms with E-state index in [0.29, 0.717) is 0 Å². The number of benzene rings is 1. The molecule has 1 aliphatic rings. The van der Waals surface area contributed by atoms with Crippen molar-refractivity contribution in [3.8, 4) is 0 Å². The van der Waals surface area contributed by atoms with Gasteiger partial charge in [-0.3, -0.25) is 0 Å². The number of hydrogen-bond donors (Lipinski definition) is 2. The third-order valence-electron chi connectivity index (χ3n) is 2.61. The Morgan fingerprint density at radius 3 is 3.15 bits per heavy atom. The molecular formula is C11H16N2. The van der Waals surface area contributed by atoms with Crippen molar-refractivity contribution in [1.82, 2.24) is 0 Å². The van der Waals surface area contributed by atoms with Crippen molar-refractivity contribution in [1.29, 1.82) is 0 Å². The maximum absolute atomic E-state index is 6.08. The van der Waals surface area contributed by atoms with Gasteiger partial charge in [-0.05, 0) is 31.4 Å². The first-order valence-corrected chi connectivity index (χ1v) is 4.87. The van der Waals surface area contributed by atoms with Gasteiger partial charge in [0.15, 0.2) is 0 Å². The molecule has 2 heteroatoms. The van der Waals surface area contributed by atoms with Crippen molar-refractivity contribution >= 4 is 5.69 Å². The van der Waals surface area contributed by atoms with Crippen molar-refractivity contribution in [2.45, 2.75) is 25.8 Å². The number of hydrogen-bond acceptors (Lipinski definition) is 2. The first kappa shape index (κ1) is 8.57. The summed E-state index contributed by atoms with van der Waals surface area (Å²) in [4.78, 5) is 0. The van der Waals surface area contributed by atoms with Gasteiger partial charge in [-0.1, -0.05) is 17.7 Å². The summed E-state index contributed by atoms with van der Waals surface area (Å²) in [5.74, 6) is 0. The number of rotatable bonds is 0. The number of anilines is 1. The molecule has 0 saturated heterocycles. The Hall–Kier alpha value is -1.02. The molecule has 1 atom stereocenters. The van der Waals surface area contributed by atoms with E-state index in [2.05, 4.69) is 30.4 Å². The number of nitrogens with one attached hydrogen (secondary N) is 1. The average Bonchev–Trinajstić information content (AvgIpc) is 2.29. The molecule has 0 aromatic heterocycles. The maximum Gasteiger partial charge on any atom is 0.0388 e. The van der Waals surface area contributed by atoms with Crippen molar-refractivity contribution < 1.29 is 0 Å². The first-order valence-electron chi connectivity index (χ1n) is 4.87. The SMILES string of the molecule is Cc1ccc2c(c1)[C@@H](N)CCCN2. The molecule has 0 bridgehead atoms. The van der Waals surface area contributed by atoms with Crippen molar-refractivity contribution in [2.75, 3.05) is 11.9 Å². The fourth-order valence-electron chi connectivity index (χ4n) is 1.85. The van der Waals surface area contributed by atoms with Crippen LogP contribution in [0, 0.1) is 6.92 Å². The van der Waals surface area contributed by atoms with Crippen LogP contribution in [0.25, 0.3) is 0 Å². The quantitative estimate of drug-likeness (QED) is 0.636. The lowest BCUT2D eigenvalue weighted by Gasteiger charge is -2.12. The van der Waals surface area contributed by atoms with Crippen molar-refractivity contribution in [3.63, 3.8) is 0 Å². The predicted octanol–water partition coefficient (Wildman–Crippen LogP) is 2.20. The Kier molecular flexibility index (Phi) is 2.23. The second kappa shape index (κ2) is 3.38. The van der Waals surface area contributed by atoms with Gasteiger partial charge >= 0.3 is 0 Å². The fraction of sp³-hybridized carbons (Fsp3) is 0.455. The van der Waals surface area contributed by atoms with Gasteiger partial charge in [0.25, 0.3) is 0 Å². The summed E-state index contributed by atoms with van der Waals surface area (Å²) in [6.07, 6.45) is 2.25. The zero-order valence-corrected chi connectivity index (χ0v) is 8.01. The Bertz CT molecular complexity index is 307. The van der Waals surface area contributed by atoms with Crippen LogP contribution >= 0.6 is 0 Å². The van der Waals surface area contributed by atoms with Gasteiger partial charge < -0.3 is 11.1 Å². The topological polar surface area (TPSA) is 38.0 Å². The molecule has 1 aliphatic heterocycles. The molecule has 13 heavy (non-hydrogen) atoms. The van der Waals surface area contributed by atoms with E-state index in [1.165, 1.54) is 16.8 Å². The molecule has 3 N–H and O–H groups in total. The number of aryl methyl sites for hydroxylation is 1. The molecule has 2 rings (SSSR count). The van der Waals surface area contributed by atoms with E-state index >= 15 is 0 Å². The third-order valence-corrected chi connectivity index (χ3v) is 2.61. The van der Waals surface area contributed by atoms with Gasteiger partial charge in [-0.15, -0.1) is 0 Å². The lowest BCUT2D eigenvalue weighted by molar-refractivity contribution is 0.642. The van der Waals surface area contributed by atoms with Crippen LogP contribution in [-0.2, 0) is 0 Å². The van der Waals surface area contributed by atoms with E-state index in [1.807, 2.05) is 0 Å². The van der Waals surface area contributed by atoms with E-state index in [9.17, 15) is 0 Å². The minimum Gasteiger partial charge on any atom is -0.385 e. The smallest absolute Gasteiger partial charge is 0.0388 e. The van der Waals surface area contributed by atoms with E-state index in [4.69, 9.17) is 5.73 Å². The molecule has 0 aliphatic carbocycles. The zero-order valence-electron chi connectivity index (χ0n) is 8.01. The van der Waals surface area contributed by atoms with Crippen LogP contribution in [0.15, 0.2) is 18.2 Å². The van der Waals surface area contributed by atoms with Crippen LogP contribution in [0.2, 0.25) is 0 Å². The van der Waals surface area contributed by atoms with Gasteiger partial charge in [-0.25, -0.2) is 0 Å². The third kappa shape index (κ3) is 1.68. The Morgan fingerprint density at radius 2 is 2.31 bits per heavy atom. The molecular weight excluding hydrogens is 160 g/mol. The minimum absolute atomic E-state index is 0.213. The van der Waals surface area contributed by atoms with Crippen LogP contribution in [0.4, 0.5) is 5.69 Å². The minimum atomic E-state index is 0.213. The largest absolute Gasteiger partial charge is 0.385 e. The summed E-state index contributed by atoms with van der Waals surface area (Å²) in [6, 6.07) is 6.67. The van der Waals surface area contributed by atoms with Crippen LogP contribution in [-0.4, -0.2) is 6.54 Å². The highest BCUT2D eigenvalue weighted by atomic mass is 14.9. The molecule has 0 unspecified atom stereocenters. The highest BCUT2D eigenvalue weighted by molar-refractivity contribution is 5.54. The zero-order chi connectivity index (χ0) is 9.26. The molecule has 0 spiro atoms. The predicted molar refractivity (Wildman–Crippen MR) is 55.8 cm³/mol. The second-order valence-electron chi connectivity index (χ2n) is 3.77. The van der Waals surface area contributed by atoms with Crippen LogP contribution in [0.5, 0.6) is 0 Å². The fourth-order valence-corrected chi connectivity index (χ4v) is 1.85. The van der Waals surface area contributed by atoms with Crippen LogP contribution in [0.1, 0.15) is 30.0 Å². The monoisotopic (exact) mass is 176 g/mol. The van der Waals surface area contributed by atoms with Crippen LogP contribution in [0.3, 0.4) is 0 Å². The van der Waals surface area contributed by atoms with Crippen molar-refractivity contribution in [2.24, 2.45) is 5.73 Å². The Balaban J connectivity index is 2.43. The molecule has 1 aromatic carbocycles. The van der Waals surface area contributed by atoms with Crippen molar-refractivity contribution in [3.05, 3.63) is 29.3 Å². The maximum atomic E-state index is 6.08. The molecule has 0 radical (unpaired) electrons. The molecule has 1 aromatic rings. The highest BCUT2D eigenvalue weighted by Crippen LogP contribution is 2.28. The van der Waals surface area contributed by atoms with Gasteiger partial charge in [0.05, 0.1) is 0 Å². The van der Waals surface area contributed by atoms with E-state index in [-0.39, 0.29) is 6.04 Å². The average molecular weight is 176 g/mol. The molecule has 1 heterocycles. The summed E-state index contributed by atoms with van der Waals surface area (Å²) in [5, 5.41) is 3.40. The summed E-state index contributed by atoms with van der Waals surface area (Å²) in [7, 11) is 0. The number of fused-ring (bicyclic) bond motifs is 1. The van der Waals surface area contributed by atoms with Gasteiger partial charge in [0.1, 0.15) is 0 Å². The van der Waals surface area contributed by atoms with Crippen LogP contribution < -0.4 is 11.1 Å². The normalized spacial score (nSPS) is 21.5. The lowest BCUT2D eigenvalue weighted by Crippen LogP contribution is -2.09. The summed E-state index contributed by atoms with van der Waals surface area (Å²) in [6.45, 7) is 3.15. The molecule has 2 nitrogen and oxygen atoms in total. The highest BCUT2D eigenvalue weighted by Gasteiger charge is 2.14. The second-order valence-corrected chi connectivity index (χ2v) is 3.77. The molecule has 70 valence electrons. The van der Waals surface area contributed by atoms with Gasteiger partial charge in [0.2, 0.25) is 0 Å². The number of nitrogens with two attached hydrogens (primary N) is 1. The molecule has 0 amide bonds. The molecule has 0 saturated carbocycles.